The third kappa shape index (κ3) is 3.59. The van der Waals surface area contributed by atoms with E-state index in [0.717, 1.165) is 14.8 Å². The van der Waals surface area contributed by atoms with Gasteiger partial charge in [0.2, 0.25) is 5.91 Å². The lowest BCUT2D eigenvalue weighted by atomic mass is 10.1. The molecule has 8 heteroatoms. The maximum atomic E-state index is 13.4. The molecule has 0 aliphatic rings. The quantitative estimate of drug-likeness (QED) is 0.472. The summed E-state index contributed by atoms with van der Waals surface area (Å²) in [5.74, 6) is -0.979. The molecule has 1 N–H and O–H groups in total. The Morgan fingerprint density at radius 3 is 2.61 bits per heavy atom. The number of ether oxygens (including phenoxy) is 1. The number of methoxy groups -OCH3 is 1. The molecule has 1 amide bonds. The van der Waals surface area contributed by atoms with Crippen molar-refractivity contribution < 1.29 is 14.3 Å². The van der Waals surface area contributed by atoms with Crippen LogP contribution in [-0.4, -0.2) is 28.8 Å². The Morgan fingerprint density at radius 1 is 1.16 bits per heavy atom. The van der Waals surface area contributed by atoms with Crippen LogP contribution in [-0.2, 0) is 9.53 Å². The molecule has 0 fully saturated rings. The van der Waals surface area contributed by atoms with Gasteiger partial charge < -0.3 is 10.1 Å². The number of nitrogens with one attached hydrogen (secondary N) is 1. The van der Waals surface area contributed by atoms with Crippen LogP contribution in [0.3, 0.4) is 0 Å². The second-order valence-electron chi connectivity index (χ2n) is 7.09. The van der Waals surface area contributed by atoms with E-state index in [2.05, 4.69) is 10.4 Å². The Bertz CT molecular complexity index is 1370. The second kappa shape index (κ2) is 8.31. The van der Waals surface area contributed by atoms with Gasteiger partial charge >= 0.3 is 5.97 Å². The topological polar surface area (TPSA) is 90.3 Å². The molecule has 1 atom stereocenters. The molecule has 0 bridgehead atoms. The summed E-state index contributed by atoms with van der Waals surface area (Å²) in [5.41, 5.74) is 0.951. The molecule has 2 heterocycles. The lowest BCUT2D eigenvalue weighted by Gasteiger charge is -2.18. The Labute approximate surface area is 182 Å². The molecular weight excluding hydrogens is 414 g/mol. The maximum Gasteiger partial charge on any atom is 0.339 e. The molecule has 2 aromatic heterocycles. The highest BCUT2D eigenvalue weighted by atomic mass is 32.1. The van der Waals surface area contributed by atoms with Gasteiger partial charge in [-0.3, -0.25) is 9.59 Å². The molecule has 4 aromatic rings. The first-order valence-electron chi connectivity index (χ1n) is 9.85. The molecule has 4 rings (SSSR count). The number of benzene rings is 2. The highest BCUT2D eigenvalue weighted by molar-refractivity contribution is 7.26. The largest absolute Gasteiger partial charge is 0.465 e. The Kier molecular flexibility index (Phi) is 5.56. The van der Waals surface area contributed by atoms with E-state index < -0.39 is 17.9 Å². The number of carbonyl (C=O) groups excluding carboxylic acids is 2. The third-order valence-corrected chi connectivity index (χ3v) is 6.46. The van der Waals surface area contributed by atoms with Crippen LogP contribution in [0.2, 0.25) is 0 Å². The van der Waals surface area contributed by atoms with Crippen LogP contribution in [0.5, 0.6) is 0 Å². The first kappa shape index (κ1) is 20.7. The number of esters is 1. The minimum atomic E-state index is -0.833. The standard InChI is InChI=1S/C23H21N3O4S/c1-4-17(21(27)24-16-11-7-5-9-14(16)23(29)30-3)26-22(28)19-15-10-6-8-12-18(15)31-20(19)13(2)25-26/h5-12,17H,4H2,1-3H3,(H,24,27). The predicted octanol–water partition coefficient (Wildman–Crippen LogP) is 4.30. The van der Waals surface area contributed by atoms with Crippen LogP contribution < -0.4 is 10.9 Å². The van der Waals surface area contributed by atoms with Gasteiger partial charge in [-0.2, -0.15) is 5.10 Å². The summed E-state index contributed by atoms with van der Waals surface area (Å²) >= 11 is 1.52. The number of hydrogen-bond donors (Lipinski definition) is 1. The predicted molar refractivity (Wildman–Crippen MR) is 122 cm³/mol. The van der Waals surface area contributed by atoms with E-state index in [4.69, 9.17) is 4.74 Å². The molecule has 0 spiro atoms. The van der Waals surface area contributed by atoms with Gasteiger partial charge in [0, 0.05) is 10.1 Å². The fraction of sp³-hybridized carbons (Fsp3) is 0.217. The monoisotopic (exact) mass is 435 g/mol. The van der Waals surface area contributed by atoms with E-state index in [-0.39, 0.29) is 11.1 Å². The highest BCUT2D eigenvalue weighted by Gasteiger charge is 2.25. The van der Waals surface area contributed by atoms with E-state index >= 15 is 0 Å². The van der Waals surface area contributed by atoms with Gasteiger partial charge in [0.05, 0.1) is 34.1 Å². The third-order valence-electron chi connectivity index (χ3n) is 5.18. The van der Waals surface area contributed by atoms with Crippen LogP contribution >= 0.6 is 11.3 Å². The van der Waals surface area contributed by atoms with Gasteiger partial charge in [-0.25, -0.2) is 9.48 Å². The number of hydrogen-bond acceptors (Lipinski definition) is 6. The average molecular weight is 436 g/mol. The Morgan fingerprint density at radius 2 is 1.87 bits per heavy atom. The van der Waals surface area contributed by atoms with Crippen molar-refractivity contribution in [3.05, 3.63) is 70.1 Å². The van der Waals surface area contributed by atoms with Gasteiger partial charge in [0.15, 0.2) is 0 Å². The summed E-state index contributed by atoms with van der Waals surface area (Å²) in [7, 11) is 1.28. The molecule has 0 radical (unpaired) electrons. The van der Waals surface area contributed by atoms with Crippen molar-refractivity contribution in [3.8, 4) is 0 Å². The number of anilines is 1. The van der Waals surface area contributed by atoms with Crippen molar-refractivity contribution in [3.63, 3.8) is 0 Å². The number of aryl methyl sites for hydroxylation is 1. The minimum Gasteiger partial charge on any atom is -0.465 e. The molecule has 31 heavy (non-hydrogen) atoms. The molecule has 0 aliphatic heterocycles. The lowest BCUT2D eigenvalue weighted by Crippen LogP contribution is -2.35. The first-order chi connectivity index (χ1) is 15.0. The molecule has 1 unspecified atom stereocenters. The number of thiophene rings is 1. The van der Waals surface area contributed by atoms with Crippen molar-refractivity contribution in [2.45, 2.75) is 26.3 Å². The molecular formula is C23H21N3O4S. The molecule has 0 saturated heterocycles. The van der Waals surface area contributed by atoms with E-state index in [9.17, 15) is 14.4 Å². The molecule has 2 aromatic carbocycles. The Balaban J connectivity index is 1.79. The van der Waals surface area contributed by atoms with E-state index in [1.165, 1.54) is 23.1 Å². The molecule has 0 saturated carbocycles. The number of para-hydroxylation sites is 1. The zero-order valence-corrected chi connectivity index (χ0v) is 18.2. The Hall–Kier alpha value is -3.52. The van der Waals surface area contributed by atoms with Gasteiger partial charge in [-0.05, 0) is 31.5 Å². The average Bonchev–Trinajstić information content (AvgIpc) is 3.18. The summed E-state index contributed by atoms with van der Waals surface area (Å²) in [5, 5.41) is 8.67. The number of amides is 1. The molecule has 158 valence electrons. The van der Waals surface area contributed by atoms with Crippen LogP contribution in [0.4, 0.5) is 5.69 Å². The highest BCUT2D eigenvalue weighted by Crippen LogP contribution is 2.33. The van der Waals surface area contributed by atoms with Gasteiger partial charge in [0.1, 0.15) is 6.04 Å². The maximum absolute atomic E-state index is 13.4. The summed E-state index contributed by atoms with van der Waals surface area (Å²) in [6.45, 7) is 3.65. The summed E-state index contributed by atoms with van der Waals surface area (Å²) < 4.78 is 7.87. The number of nitrogens with zero attached hydrogens (tertiary/aromatic N) is 2. The van der Waals surface area contributed by atoms with Gasteiger partial charge in [-0.15, -0.1) is 11.3 Å². The molecule has 7 nitrogen and oxygen atoms in total. The zero-order chi connectivity index (χ0) is 22.1. The fourth-order valence-electron chi connectivity index (χ4n) is 3.66. The van der Waals surface area contributed by atoms with Crippen LogP contribution in [0, 0.1) is 6.92 Å². The zero-order valence-electron chi connectivity index (χ0n) is 17.3. The number of aromatic nitrogens is 2. The van der Waals surface area contributed by atoms with Gasteiger partial charge in [0.25, 0.3) is 5.56 Å². The van der Waals surface area contributed by atoms with Crippen molar-refractivity contribution in [2.75, 3.05) is 12.4 Å². The van der Waals surface area contributed by atoms with Crippen molar-refractivity contribution in [1.29, 1.82) is 0 Å². The summed E-state index contributed by atoms with van der Waals surface area (Å²) in [6, 6.07) is 13.4. The normalized spacial score (nSPS) is 12.1. The summed E-state index contributed by atoms with van der Waals surface area (Å²) in [6.07, 6.45) is 0.353. The lowest BCUT2D eigenvalue weighted by molar-refractivity contribution is -0.119. The van der Waals surface area contributed by atoms with Crippen molar-refractivity contribution in [2.24, 2.45) is 0 Å². The van der Waals surface area contributed by atoms with Crippen LogP contribution in [0.25, 0.3) is 20.2 Å². The fourth-order valence-corrected chi connectivity index (χ4v) is 4.79. The minimum absolute atomic E-state index is 0.240. The van der Waals surface area contributed by atoms with Gasteiger partial charge in [-0.1, -0.05) is 37.3 Å². The number of carbonyl (C=O) groups is 2. The second-order valence-corrected chi connectivity index (χ2v) is 8.14. The number of fused-ring (bicyclic) bond motifs is 3. The summed E-state index contributed by atoms with van der Waals surface area (Å²) in [4.78, 5) is 38.6. The van der Waals surface area contributed by atoms with E-state index in [0.29, 0.717) is 23.2 Å². The van der Waals surface area contributed by atoms with Crippen molar-refractivity contribution >= 4 is 49.1 Å². The van der Waals surface area contributed by atoms with E-state index in [1.54, 1.807) is 24.3 Å². The molecule has 0 aliphatic carbocycles. The van der Waals surface area contributed by atoms with Crippen LogP contribution in [0.1, 0.15) is 35.4 Å². The smallest absolute Gasteiger partial charge is 0.339 e. The van der Waals surface area contributed by atoms with Crippen molar-refractivity contribution in [1.82, 2.24) is 9.78 Å². The SMILES string of the molecule is CCC(C(=O)Nc1ccccc1C(=O)OC)n1nc(C)c2sc3ccccc3c2c1=O. The number of rotatable bonds is 5. The van der Waals surface area contributed by atoms with E-state index in [1.807, 2.05) is 38.1 Å². The first-order valence-corrected chi connectivity index (χ1v) is 10.7. The van der Waals surface area contributed by atoms with Crippen LogP contribution in [0.15, 0.2) is 53.3 Å².